The van der Waals surface area contributed by atoms with Crippen molar-refractivity contribution in [2.45, 2.75) is 6.92 Å². The summed E-state index contributed by atoms with van der Waals surface area (Å²) >= 11 is 3.17. The minimum Gasteiger partial charge on any atom is -0.258 e. The van der Waals surface area contributed by atoms with Crippen molar-refractivity contribution >= 4 is 27.3 Å². The molecule has 132 valence electrons. The highest BCUT2D eigenvalue weighted by Crippen LogP contribution is 2.22. The molecule has 0 spiro atoms. The smallest absolute Gasteiger partial charge is 0.258 e. The maximum atomic E-state index is 10.5. The lowest BCUT2D eigenvalue weighted by atomic mass is 10.0. The second-order valence-corrected chi connectivity index (χ2v) is 6.32. The largest absolute Gasteiger partial charge is 0.269 e. The molecule has 0 saturated heterocycles. The van der Waals surface area contributed by atoms with Gasteiger partial charge in [0, 0.05) is 28.7 Å². The van der Waals surface area contributed by atoms with E-state index in [9.17, 15) is 20.2 Å². The number of nitro groups is 2. The standard InChI is InChI=1S/C13H11NO2.C6H4BrNO2/c1-10-3-2-4-12(9-10)11-5-7-13(8-6-11)14(15)16;7-5-1-3-6(4-2-5)8(9)10/h2-9H,1H3;1-4H. The van der Waals surface area contributed by atoms with Crippen molar-refractivity contribution in [2.75, 3.05) is 0 Å². The molecule has 3 aromatic rings. The highest BCUT2D eigenvalue weighted by molar-refractivity contribution is 9.10. The summed E-state index contributed by atoms with van der Waals surface area (Å²) in [5, 5.41) is 20.6. The van der Waals surface area contributed by atoms with E-state index in [1.807, 2.05) is 25.1 Å². The van der Waals surface area contributed by atoms with Gasteiger partial charge in [-0.2, -0.15) is 0 Å². The fourth-order valence-electron chi connectivity index (χ4n) is 2.16. The quantitative estimate of drug-likeness (QED) is 0.392. The Morgan fingerprint density at radius 2 is 1.23 bits per heavy atom. The summed E-state index contributed by atoms with van der Waals surface area (Å²) in [6.45, 7) is 2.02. The number of benzene rings is 3. The Kier molecular flexibility index (Phi) is 6.57. The van der Waals surface area contributed by atoms with Gasteiger partial charge in [0.05, 0.1) is 9.85 Å². The van der Waals surface area contributed by atoms with Gasteiger partial charge in [0.2, 0.25) is 0 Å². The van der Waals surface area contributed by atoms with E-state index >= 15 is 0 Å². The molecule has 0 bridgehead atoms. The molecule has 6 nitrogen and oxygen atoms in total. The summed E-state index contributed by atoms with van der Waals surface area (Å²) in [6, 6.07) is 20.8. The molecule has 0 unspecified atom stereocenters. The molecule has 0 aromatic heterocycles. The summed E-state index contributed by atoms with van der Waals surface area (Å²) < 4.78 is 0.845. The molecule has 0 fully saturated rings. The van der Waals surface area contributed by atoms with Crippen LogP contribution >= 0.6 is 15.9 Å². The number of nitrogens with zero attached hydrogens (tertiary/aromatic N) is 2. The highest BCUT2D eigenvalue weighted by Gasteiger charge is 2.05. The Morgan fingerprint density at radius 3 is 1.69 bits per heavy atom. The maximum absolute atomic E-state index is 10.5. The van der Waals surface area contributed by atoms with Crippen LogP contribution in [0.4, 0.5) is 11.4 Å². The molecule has 3 rings (SSSR count). The highest BCUT2D eigenvalue weighted by atomic mass is 79.9. The minimum absolute atomic E-state index is 0.114. The molecule has 0 aliphatic carbocycles. The molecule has 0 atom stereocenters. The molecule has 0 heterocycles. The van der Waals surface area contributed by atoms with E-state index in [0.717, 1.165) is 15.6 Å². The van der Waals surface area contributed by atoms with Crippen molar-refractivity contribution in [3.05, 3.63) is 103 Å². The van der Waals surface area contributed by atoms with Crippen molar-refractivity contribution < 1.29 is 9.85 Å². The van der Waals surface area contributed by atoms with Crippen LogP contribution in [0.25, 0.3) is 11.1 Å². The Bertz CT molecular complexity index is 910. The fourth-order valence-corrected chi connectivity index (χ4v) is 2.43. The molecular formula is C19H15BrN2O4. The lowest BCUT2D eigenvalue weighted by Gasteiger charge is -2.02. The molecule has 0 aliphatic rings. The Hall–Kier alpha value is -3.06. The second-order valence-electron chi connectivity index (χ2n) is 5.41. The van der Waals surface area contributed by atoms with Gasteiger partial charge in [-0.05, 0) is 42.3 Å². The van der Waals surface area contributed by atoms with Crippen LogP contribution in [0.1, 0.15) is 5.56 Å². The Labute approximate surface area is 158 Å². The average Bonchev–Trinajstić information content (AvgIpc) is 2.63. The van der Waals surface area contributed by atoms with E-state index in [4.69, 9.17) is 0 Å². The Balaban J connectivity index is 0.000000209. The van der Waals surface area contributed by atoms with E-state index in [1.165, 1.54) is 29.8 Å². The van der Waals surface area contributed by atoms with Gasteiger partial charge < -0.3 is 0 Å². The fraction of sp³-hybridized carbons (Fsp3) is 0.0526. The zero-order valence-electron chi connectivity index (χ0n) is 13.8. The molecule has 26 heavy (non-hydrogen) atoms. The summed E-state index contributed by atoms with van der Waals surface area (Å²) in [7, 11) is 0. The van der Waals surface area contributed by atoms with Crippen LogP contribution < -0.4 is 0 Å². The van der Waals surface area contributed by atoms with Crippen molar-refractivity contribution in [1.82, 2.24) is 0 Å². The lowest BCUT2D eigenvalue weighted by molar-refractivity contribution is -0.385. The first-order valence-electron chi connectivity index (χ1n) is 7.58. The van der Waals surface area contributed by atoms with E-state index in [2.05, 4.69) is 22.0 Å². The number of aryl methyl sites for hydroxylation is 1. The molecule has 0 radical (unpaired) electrons. The third-order valence-electron chi connectivity index (χ3n) is 3.47. The normalized spacial score (nSPS) is 9.77. The van der Waals surface area contributed by atoms with Crippen molar-refractivity contribution in [3.63, 3.8) is 0 Å². The van der Waals surface area contributed by atoms with Crippen molar-refractivity contribution in [1.29, 1.82) is 0 Å². The first-order valence-corrected chi connectivity index (χ1v) is 8.37. The van der Waals surface area contributed by atoms with Crippen molar-refractivity contribution in [2.24, 2.45) is 0 Å². The number of nitro benzene ring substituents is 2. The molecule has 0 aliphatic heterocycles. The van der Waals surface area contributed by atoms with Crippen LogP contribution in [0.5, 0.6) is 0 Å². The van der Waals surface area contributed by atoms with Gasteiger partial charge in [0.15, 0.2) is 0 Å². The molecule has 7 heteroatoms. The third kappa shape index (κ3) is 5.49. The van der Waals surface area contributed by atoms with Gasteiger partial charge in [-0.25, -0.2) is 0 Å². The molecule has 0 amide bonds. The van der Waals surface area contributed by atoms with Gasteiger partial charge in [-0.3, -0.25) is 20.2 Å². The monoisotopic (exact) mass is 414 g/mol. The maximum Gasteiger partial charge on any atom is 0.269 e. The minimum atomic E-state index is -0.424. The zero-order chi connectivity index (χ0) is 19.1. The van der Waals surface area contributed by atoms with Crippen LogP contribution in [0.3, 0.4) is 0 Å². The molecule has 0 saturated carbocycles. The molecular weight excluding hydrogens is 400 g/mol. The Morgan fingerprint density at radius 1 is 0.731 bits per heavy atom. The van der Waals surface area contributed by atoms with Crippen LogP contribution in [0, 0.1) is 27.2 Å². The first-order chi connectivity index (χ1) is 12.4. The summed E-state index contributed by atoms with van der Waals surface area (Å²) in [4.78, 5) is 19.8. The topological polar surface area (TPSA) is 86.3 Å². The van der Waals surface area contributed by atoms with Gasteiger partial charge >= 0.3 is 0 Å². The van der Waals surface area contributed by atoms with E-state index < -0.39 is 4.92 Å². The summed E-state index contributed by atoms with van der Waals surface area (Å²) in [6.07, 6.45) is 0. The number of hydrogen-bond acceptors (Lipinski definition) is 4. The van der Waals surface area contributed by atoms with Crippen LogP contribution in [0.15, 0.2) is 77.3 Å². The van der Waals surface area contributed by atoms with Crippen LogP contribution in [-0.4, -0.2) is 9.85 Å². The van der Waals surface area contributed by atoms with E-state index in [1.54, 1.807) is 24.3 Å². The average molecular weight is 415 g/mol. The van der Waals surface area contributed by atoms with Gasteiger partial charge in [-0.1, -0.05) is 45.8 Å². The first kappa shape index (κ1) is 19.3. The van der Waals surface area contributed by atoms with Crippen molar-refractivity contribution in [3.8, 4) is 11.1 Å². The van der Waals surface area contributed by atoms with Crippen LogP contribution in [0.2, 0.25) is 0 Å². The van der Waals surface area contributed by atoms with E-state index in [-0.39, 0.29) is 16.3 Å². The van der Waals surface area contributed by atoms with Gasteiger partial charge in [0.1, 0.15) is 0 Å². The van der Waals surface area contributed by atoms with Crippen LogP contribution in [-0.2, 0) is 0 Å². The third-order valence-corrected chi connectivity index (χ3v) is 4.00. The van der Waals surface area contributed by atoms with Gasteiger partial charge in [0.25, 0.3) is 11.4 Å². The molecule has 3 aromatic carbocycles. The molecule has 0 N–H and O–H groups in total. The number of non-ortho nitro benzene ring substituents is 2. The predicted molar refractivity (Wildman–Crippen MR) is 104 cm³/mol. The lowest BCUT2D eigenvalue weighted by Crippen LogP contribution is -1.87. The zero-order valence-corrected chi connectivity index (χ0v) is 15.4. The number of hydrogen-bond donors (Lipinski definition) is 0. The van der Waals surface area contributed by atoms with Gasteiger partial charge in [-0.15, -0.1) is 0 Å². The second kappa shape index (κ2) is 8.87. The summed E-state index contributed by atoms with van der Waals surface area (Å²) in [5.74, 6) is 0. The van der Waals surface area contributed by atoms with E-state index in [0.29, 0.717) is 0 Å². The SMILES string of the molecule is Cc1cccc(-c2ccc([N+](=O)[O-])cc2)c1.O=[N+]([O-])c1ccc(Br)cc1. The summed E-state index contributed by atoms with van der Waals surface area (Å²) in [5.41, 5.74) is 3.49. The predicted octanol–water partition coefficient (Wildman–Crippen LogP) is 5.93. The number of rotatable bonds is 3. The number of halogens is 1.